The maximum atomic E-state index is 9.33. The van der Waals surface area contributed by atoms with Gasteiger partial charge < -0.3 is 21.7 Å². The van der Waals surface area contributed by atoms with Crippen molar-refractivity contribution in [3.05, 3.63) is 0 Å². The van der Waals surface area contributed by atoms with E-state index >= 15 is 0 Å². The molecule has 0 saturated carbocycles. The van der Waals surface area contributed by atoms with Crippen LogP contribution in [0.15, 0.2) is 0 Å². The van der Waals surface area contributed by atoms with Gasteiger partial charge in [0.2, 0.25) is 0 Å². The molecule has 82 valence electrons. The molecule has 8 heteroatoms. The lowest BCUT2D eigenvalue weighted by Gasteiger charge is -2.16. The van der Waals surface area contributed by atoms with Crippen LogP contribution in [0.1, 0.15) is 0 Å². The quantitative estimate of drug-likeness (QED) is 0.267. The fraction of sp³-hybridized carbons (Fsp3) is 0.667. The highest BCUT2D eigenvalue weighted by atomic mass is 32.2. The van der Waals surface area contributed by atoms with Gasteiger partial charge in [0.15, 0.2) is 10.3 Å². The normalized spacial score (nSPS) is 14.7. The summed E-state index contributed by atoms with van der Waals surface area (Å²) in [7, 11) is 0. The van der Waals surface area contributed by atoms with E-state index in [0.717, 1.165) is 23.5 Å². The first-order valence-corrected chi connectivity index (χ1v) is 5.70. The van der Waals surface area contributed by atoms with Crippen LogP contribution in [-0.4, -0.2) is 44.3 Å². The minimum absolute atomic E-state index is 0.101. The zero-order chi connectivity index (χ0) is 11.1. The van der Waals surface area contributed by atoms with Gasteiger partial charge in [-0.2, -0.15) is 0 Å². The summed E-state index contributed by atoms with van der Waals surface area (Å²) in [6.07, 6.45) is -1.92. The largest absolute Gasteiger partial charge is 0.390 e. The number of hydrogen-bond acceptors (Lipinski definition) is 6. The lowest BCUT2D eigenvalue weighted by atomic mass is 10.3. The molecule has 0 saturated heterocycles. The molecular formula is C6H14N4O2S2. The first kappa shape index (κ1) is 13.6. The topological polar surface area (TPSA) is 140 Å². The first-order chi connectivity index (χ1) is 6.43. The third-order valence-electron chi connectivity index (χ3n) is 1.26. The minimum atomic E-state index is -0.962. The van der Waals surface area contributed by atoms with E-state index in [4.69, 9.17) is 22.3 Å². The summed E-state index contributed by atoms with van der Waals surface area (Å²) in [5.74, 6) is 0.323. The van der Waals surface area contributed by atoms with Crippen LogP contribution in [0.25, 0.3) is 0 Å². The Hall–Kier alpha value is -0.440. The number of amidine groups is 2. The molecule has 0 fully saturated rings. The Labute approximate surface area is 90.4 Å². The van der Waals surface area contributed by atoms with E-state index in [0.29, 0.717) is 0 Å². The van der Waals surface area contributed by atoms with Crippen molar-refractivity contribution in [2.45, 2.75) is 12.2 Å². The summed E-state index contributed by atoms with van der Waals surface area (Å²) in [5.41, 5.74) is 10.1. The standard InChI is InChI=1S/C6H14N4O2S2/c7-5(8)13-1-3(11)4(12)2-14-6(9)10/h3-4,11-12H,1-2H2,(H3,7,8)(H3,9,10). The number of hydrogen-bond donors (Lipinski definition) is 6. The van der Waals surface area contributed by atoms with Crippen molar-refractivity contribution in [3.8, 4) is 0 Å². The molecule has 0 heterocycles. The van der Waals surface area contributed by atoms with Gasteiger partial charge in [-0.1, -0.05) is 23.5 Å². The van der Waals surface area contributed by atoms with Crippen molar-refractivity contribution in [1.82, 2.24) is 0 Å². The van der Waals surface area contributed by atoms with Crippen LogP contribution in [0.2, 0.25) is 0 Å². The minimum Gasteiger partial charge on any atom is -0.390 e. The summed E-state index contributed by atoms with van der Waals surface area (Å²) in [5, 5.41) is 32.2. The van der Waals surface area contributed by atoms with Crippen LogP contribution in [0.5, 0.6) is 0 Å². The van der Waals surface area contributed by atoms with Crippen LogP contribution in [0, 0.1) is 10.8 Å². The van der Waals surface area contributed by atoms with Gasteiger partial charge in [0.1, 0.15) is 0 Å². The molecule has 6 nitrogen and oxygen atoms in total. The van der Waals surface area contributed by atoms with Crippen molar-refractivity contribution < 1.29 is 10.2 Å². The molecule has 0 bridgehead atoms. The van der Waals surface area contributed by atoms with Gasteiger partial charge in [0.25, 0.3) is 0 Å². The highest BCUT2D eigenvalue weighted by molar-refractivity contribution is 8.14. The van der Waals surface area contributed by atoms with E-state index < -0.39 is 12.2 Å². The van der Waals surface area contributed by atoms with E-state index in [-0.39, 0.29) is 21.8 Å². The van der Waals surface area contributed by atoms with Crippen LogP contribution in [0.3, 0.4) is 0 Å². The third-order valence-corrected chi connectivity index (χ3v) is 2.90. The van der Waals surface area contributed by atoms with Gasteiger partial charge in [-0.15, -0.1) is 0 Å². The number of aliphatic hydroxyl groups is 2. The van der Waals surface area contributed by atoms with Crippen LogP contribution in [-0.2, 0) is 0 Å². The molecule has 0 aromatic heterocycles. The number of thioether (sulfide) groups is 2. The van der Waals surface area contributed by atoms with Crippen molar-refractivity contribution in [2.24, 2.45) is 11.5 Å². The van der Waals surface area contributed by atoms with Crippen molar-refractivity contribution in [1.29, 1.82) is 10.8 Å². The Morgan fingerprint density at radius 2 is 1.29 bits per heavy atom. The van der Waals surface area contributed by atoms with E-state index in [1.807, 2.05) is 0 Å². The zero-order valence-electron chi connectivity index (χ0n) is 7.43. The fourth-order valence-corrected chi connectivity index (χ4v) is 1.72. The fourth-order valence-electron chi connectivity index (χ4n) is 0.572. The maximum absolute atomic E-state index is 9.33. The Kier molecular flexibility index (Phi) is 6.71. The molecule has 0 radical (unpaired) electrons. The highest BCUT2D eigenvalue weighted by Gasteiger charge is 2.17. The molecule has 0 aromatic rings. The van der Waals surface area contributed by atoms with E-state index in [2.05, 4.69) is 0 Å². The molecule has 0 spiro atoms. The van der Waals surface area contributed by atoms with Crippen LogP contribution in [0.4, 0.5) is 0 Å². The lowest BCUT2D eigenvalue weighted by Crippen LogP contribution is -2.32. The molecule has 2 unspecified atom stereocenters. The summed E-state index contributed by atoms with van der Waals surface area (Å²) in [6, 6.07) is 0. The highest BCUT2D eigenvalue weighted by Crippen LogP contribution is 2.09. The monoisotopic (exact) mass is 238 g/mol. The second-order valence-corrected chi connectivity index (χ2v) is 4.61. The molecule has 14 heavy (non-hydrogen) atoms. The molecule has 0 amide bonds. The number of aliphatic hydroxyl groups excluding tert-OH is 2. The summed E-state index contributed by atoms with van der Waals surface area (Å²) < 4.78 is 0. The van der Waals surface area contributed by atoms with Gasteiger partial charge >= 0.3 is 0 Å². The zero-order valence-corrected chi connectivity index (χ0v) is 9.07. The van der Waals surface area contributed by atoms with E-state index in [9.17, 15) is 10.2 Å². The SMILES string of the molecule is N=C(N)SCC(O)C(O)CSC(=N)N. The number of nitrogens with one attached hydrogen (secondary N) is 2. The molecule has 8 N–H and O–H groups in total. The summed E-state index contributed by atoms with van der Waals surface area (Å²) in [4.78, 5) is 0. The lowest BCUT2D eigenvalue weighted by molar-refractivity contribution is 0.0502. The molecule has 0 aromatic carbocycles. The number of rotatable bonds is 5. The van der Waals surface area contributed by atoms with Gasteiger partial charge in [-0.05, 0) is 0 Å². The van der Waals surface area contributed by atoms with Gasteiger partial charge in [-0.25, -0.2) is 0 Å². The third kappa shape index (κ3) is 7.01. The van der Waals surface area contributed by atoms with Crippen molar-refractivity contribution >= 4 is 33.9 Å². The molecule has 0 aliphatic heterocycles. The van der Waals surface area contributed by atoms with E-state index in [1.165, 1.54) is 0 Å². The number of nitrogens with two attached hydrogens (primary N) is 2. The van der Waals surface area contributed by atoms with E-state index in [1.54, 1.807) is 0 Å². The molecule has 2 atom stereocenters. The molecule has 0 rings (SSSR count). The van der Waals surface area contributed by atoms with Gasteiger partial charge in [0.05, 0.1) is 12.2 Å². The average Bonchev–Trinajstić information content (AvgIpc) is 2.09. The van der Waals surface area contributed by atoms with Gasteiger partial charge in [0, 0.05) is 11.5 Å². The van der Waals surface area contributed by atoms with Gasteiger partial charge in [-0.3, -0.25) is 10.8 Å². The smallest absolute Gasteiger partial charge is 0.151 e. The molecular weight excluding hydrogens is 224 g/mol. The first-order valence-electron chi connectivity index (χ1n) is 3.73. The predicted octanol–water partition coefficient (Wildman–Crippen LogP) is -1.04. The second kappa shape index (κ2) is 6.93. The predicted molar refractivity (Wildman–Crippen MR) is 60.8 cm³/mol. The Balaban J connectivity index is 3.69. The molecule has 0 aliphatic carbocycles. The summed E-state index contributed by atoms with van der Waals surface area (Å²) in [6.45, 7) is 0. The Morgan fingerprint density at radius 3 is 1.50 bits per heavy atom. The Bertz CT molecular complexity index is 192. The van der Waals surface area contributed by atoms with Crippen LogP contribution >= 0.6 is 23.5 Å². The average molecular weight is 238 g/mol. The van der Waals surface area contributed by atoms with Crippen molar-refractivity contribution in [2.75, 3.05) is 11.5 Å². The van der Waals surface area contributed by atoms with Crippen LogP contribution < -0.4 is 11.5 Å². The second-order valence-electron chi connectivity index (χ2n) is 2.49. The molecule has 0 aliphatic rings. The van der Waals surface area contributed by atoms with Crippen molar-refractivity contribution in [3.63, 3.8) is 0 Å². The maximum Gasteiger partial charge on any atom is 0.151 e. The Morgan fingerprint density at radius 1 is 1.00 bits per heavy atom. The summed E-state index contributed by atoms with van der Waals surface area (Å²) >= 11 is 1.92.